The number of carbonyl (C=O) groups excluding carboxylic acids is 1. The second-order valence-corrected chi connectivity index (χ2v) is 7.43. The zero-order valence-electron chi connectivity index (χ0n) is 16.7. The van der Waals surface area contributed by atoms with Crippen molar-refractivity contribution < 1.29 is 9.90 Å². The van der Waals surface area contributed by atoms with Gasteiger partial charge in [-0.3, -0.25) is 9.89 Å². The fourth-order valence-electron chi connectivity index (χ4n) is 3.65. The Bertz CT molecular complexity index is 991. The van der Waals surface area contributed by atoms with E-state index in [4.69, 9.17) is 5.73 Å². The number of phenolic OH excluding ortho intramolecular Hbond substituents is 1. The van der Waals surface area contributed by atoms with E-state index in [1.165, 1.54) is 24.9 Å². The van der Waals surface area contributed by atoms with E-state index in [2.05, 4.69) is 37.9 Å². The first-order chi connectivity index (χ1) is 14.6. The van der Waals surface area contributed by atoms with Gasteiger partial charge >= 0.3 is 0 Å². The molecule has 0 radical (unpaired) electrons. The van der Waals surface area contributed by atoms with Crippen LogP contribution < -0.4 is 21.3 Å². The highest BCUT2D eigenvalue weighted by Crippen LogP contribution is 2.27. The van der Waals surface area contributed by atoms with Crippen molar-refractivity contribution in [1.82, 2.24) is 10.2 Å². The van der Waals surface area contributed by atoms with Crippen molar-refractivity contribution in [1.29, 1.82) is 0 Å². The van der Waals surface area contributed by atoms with Crippen molar-refractivity contribution in [3.05, 3.63) is 59.7 Å². The number of H-pyrrole nitrogens is 1. The van der Waals surface area contributed by atoms with Crippen LogP contribution in [0.15, 0.2) is 48.5 Å². The fourth-order valence-corrected chi connectivity index (χ4v) is 3.65. The number of phenols is 1. The van der Waals surface area contributed by atoms with Gasteiger partial charge in [-0.15, -0.1) is 0 Å². The van der Waals surface area contributed by atoms with E-state index in [0.29, 0.717) is 18.2 Å². The lowest BCUT2D eigenvalue weighted by Gasteiger charge is -2.28. The van der Waals surface area contributed by atoms with Crippen molar-refractivity contribution in [2.45, 2.75) is 25.8 Å². The van der Waals surface area contributed by atoms with Crippen LogP contribution in [-0.2, 0) is 6.54 Å². The maximum atomic E-state index is 12.1. The molecule has 1 aliphatic heterocycles. The van der Waals surface area contributed by atoms with Crippen LogP contribution in [-0.4, -0.2) is 34.3 Å². The largest absolute Gasteiger partial charge is 0.508 e. The van der Waals surface area contributed by atoms with Crippen LogP contribution in [0, 0.1) is 0 Å². The highest BCUT2D eigenvalue weighted by Gasteiger charge is 2.19. The molecule has 0 atom stereocenters. The summed E-state index contributed by atoms with van der Waals surface area (Å²) in [6.07, 6.45) is 3.76. The van der Waals surface area contributed by atoms with Crippen LogP contribution in [0.2, 0.25) is 0 Å². The second kappa shape index (κ2) is 8.77. The molecular weight excluding hydrogens is 380 g/mol. The lowest BCUT2D eigenvalue weighted by molar-refractivity contribution is 0.100. The number of nitrogens with two attached hydrogens (primary N) is 1. The summed E-state index contributed by atoms with van der Waals surface area (Å²) in [6, 6.07) is 14.9. The molecule has 6 N–H and O–H groups in total. The predicted molar refractivity (Wildman–Crippen MR) is 118 cm³/mol. The maximum Gasteiger partial charge on any atom is 0.256 e. The molecular formula is C22H26N6O2. The Kier molecular flexibility index (Phi) is 5.74. The number of piperidine rings is 1. The summed E-state index contributed by atoms with van der Waals surface area (Å²) in [5.74, 6) is 0.449. The fraction of sp³-hybridized carbons (Fsp3) is 0.273. The molecule has 1 fully saturated rings. The van der Waals surface area contributed by atoms with E-state index < -0.39 is 5.91 Å². The Morgan fingerprint density at radius 2 is 1.77 bits per heavy atom. The number of anilines is 4. The lowest BCUT2D eigenvalue weighted by atomic mass is 10.1. The average molecular weight is 406 g/mol. The van der Waals surface area contributed by atoms with Gasteiger partial charge in [-0.2, -0.15) is 5.10 Å². The number of rotatable bonds is 7. The molecule has 8 heteroatoms. The molecule has 2 heterocycles. The monoisotopic (exact) mass is 406 g/mol. The van der Waals surface area contributed by atoms with Crippen molar-refractivity contribution in [3.63, 3.8) is 0 Å². The highest BCUT2D eigenvalue weighted by atomic mass is 16.3. The van der Waals surface area contributed by atoms with Gasteiger partial charge < -0.3 is 26.4 Å². The van der Waals surface area contributed by atoms with Gasteiger partial charge in [0.1, 0.15) is 17.1 Å². The quantitative estimate of drug-likeness (QED) is 0.409. The summed E-state index contributed by atoms with van der Waals surface area (Å²) in [5, 5.41) is 22.8. The van der Waals surface area contributed by atoms with Crippen LogP contribution in [0.25, 0.3) is 0 Å². The van der Waals surface area contributed by atoms with Crippen LogP contribution in [0.3, 0.4) is 0 Å². The van der Waals surface area contributed by atoms with Gasteiger partial charge in [-0.1, -0.05) is 12.1 Å². The van der Waals surface area contributed by atoms with Crippen LogP contribution in [0.5, 0.6) is 5.75 Å². The van der Waals surface area contributed by atoms with Gasteiger partial charge in [0, 0.05) is 31.0 Å². The number of benzene rings is 2. The van der Waals surface area contributed by atoms with Crippen molar-refractivity contribution in [2.75, 3.05) is 28.6 Å². The molecule has 1 saturated heterocycles. The Balaban J connectivity index is 1.46. The number of primary amides is 1. The summed E-state index contributed by atoms with van der Waals surface area (Å²) >= 11 is 0. The Labute approximate surface area is 175 Å². The normalized spacial score (nSPS) is 13.8. The first-order valence-electron chi connectivity index (χ1n) is 10.1. The summed E-state index contributed by atoms with van der Waals surface area (Å²) in [7, 11) is 0. The minimum Gasteiger partial charge on any atom is -0.508 e. The third-order valence-electron chi connectivity index (χ3n) is 5.27. The SMILES string of the molecule is NC(=O)c1c(Nc2ccc(N3CCCCC3)cc2)n[nH]c1NCc1ccc(O)cc1. The van der Waals surface area contributed by atoms with Gasteiger partial charge in [0.15, 0.2) is 5.82 Å². The third kappa shape index (κ3) is 4.48. The van der Waals surface area contributed by atoms with Crippen molar-refractivity contribution in [2.24, 2.45) is 5.73 Å². The Morgan fingerprint density at radius 3 is 2.43 bits per heavy atom. The molecule has 2 aromatic carbocycles. The van der Waals surface area contributed by atoms with E-state index in [-0.39, 0.29) is 11.3 Å². The molecule has 4 rings (SSSR count). The summed E-state index contributed by atoms with van der Waals surface area (Å²) in [6.45, 7) is 2.63. The van der Waals surface area contributed by atoms with Crippen LogP contribution >= 0.6 is 0 Å². The molecule has 0 saturated carbocycles. The minimum absolute atomic E-state index is 0.205. The first-order valence-corrected chi connectivity index (χ1v) is 10.1. The van der Waals surface area contributed by atoms with Gasteiger partial charge in [0.25, 0.3) is 5.91 Å². The maximum absolute atomic E-state index is 12.1. The zero-order valence-corrected chi connectivity index (χ0v) is 16.7. The zero-order chi connectivity index (χ0) is 20.9. The van der Waals surface area contributed by atoms with E-state index in [1.54, 1.807) is 24.3 Å². The number of nitrogens with one attached hydrogen (secondary N) is 3. The van der Waals surface area contributed by atoms with Gasteiger partial charge in [0.05, 0.1) is 0 Å². The number of carbonyl (C=O) groups is 1. The number of amides is 1. The average Bonchev–Trinajstić information content (AvgIpc) is 3.17. The summed E-state index contributed by atoms with van der Waals surface area (Å²) < 4.78 is 0. The minimum atomic E-state index is -0.579. The molecule has 0 bridgehead atoms. The van der Waals surface area contributed by atoms with E-state index in [0.717, 1.165) is 24.3 Å². The number of aromatic nitrogens is 2. The molecule has 1 aromatic heterocycles. The molecule has 156 valence electrons. The molecule has 8 nitrogen and oxygen atoms in total. The number of hydrogen-bond acceptors (Lipinski definition) is 6. The molecule has 1 amide bonds. The summed E-state index contributed by atoms with van der Waals surface area (Å²) in [5.41, 5.74) is 8.85. The van der Waals surface area contributed by atoms with E-state index in [9.17, 15) is 9.90 Å². The molecule has 1 aliphatic rings. The standard InChI is InChI=1S/C22H26N6O2/c23-20(30)19-21(24-14-15-4-10-18(29)11-5-15)26-27-22(19)25-16-6-8-17(9-7-16)28-12-2-1-3-13-28/h4-11,29H,1-3,12-14H2,(H2,23,30)(H3,24,25,26,27). The van der Waals surface area contributed by atoms with E-state index in [1.807, 2.05) is 12.1 Å². The number of aromatic amines is 1. The predicted octanol–water partition coefficient (Wildman–Crippen LogP) is 3.56. The second-order valence-electron chi connectivity index (χ2n) is 7.43. The topological polar surface area (TPSA) is 119 Å². The Morgan fingerprint density at radius 1 is 1.07 bits per heavy atom. The van der Waals surface area contributed by atoms with E-state index >= 15 is 0 Å². The Hall–Kier alpha value is -3.68. The molecule has 30 heavy (non-hydrogen) atoms. The number of aromatic hydroxyl groups is 1. The molecule has 0 aliphatic carbocycles. The summed E-state index contributed by atoms with van der Waals surface area (Å²) in [4.78, 5) is 14.4. The third-order valence-corrected chi connectivity index (χ3v) is 5.27. The van der Waals surface area contributed by atoms with Gasteiger partial charge in [-0.25, -0.2) is 0 Å². The van der Waals surface area contributed by atoms with Crippen LogP contribution in [0.1, 0.15) is 35.2 Å². The number of nitrogens with zero attached hydrogens (tertiary/aromatic N) is 2. The van der Waals surface area contributed by atoms with Gasteiger partial charge in [-0.05, 0) is 61.2 Å². The highest BCUT2D eigenvalue weighted by molar-refractivity contribution is 6.03. The molecule has 3 aromatic rings. The lowest BCUT2D eigenvalue weighted by Crippen LogP contribution is -2.29. The number of hydrogen-bond donors (Lipinski definition) is 5. The molecule has 0 unspecified atom stereocenters. The van der Waals surface area contributed by atoms with Crippen molar-refractivity contribution >= 4 is 28.9 Å². The van der Waals surface area contributed by atoms with Crippen LogP contribution in [0.4, 0.5) is 23.0 Å². The van der Waals surface area contributed by atoms with Gasteiger partial charge in [0.2, 0.25) is 0 Å². The molecule has 0 spiro atoms. The first kappa shape index (κ1) is 19.6. The smallest absolute Gasteiger partial charge is 0.256 e. The van der Waals surface area contributed by atoms with Crippen molar-refractivity contribution in [3.8, 4) is 5.75 Å².